The van der Waals surface area contributed by atoms with Gasteiger partial charge in [0.1, 0.15) is 0 Å². The monoisotopic (exact) mass is 275 g/mol. The van der Waals surface area contributed by atoms with E-state index in [0.717, 1.165) is 24.7 Å². The van der Waals surface area contributed by atoms with Gasteiger partial charge in [0.2, 0.25) is 0 Å². The number of carbonyl (C=O) groups is 1. The molecule has 0 aliphatic carbocycles. The molecule has 1 aliphatic heterocycles. The van der Waals surface area contributed by atoms with Gasteiger partial charge in [-0.25, -0.2) is 0 Å². The SMILES string of the molecule is CC(C)c1ccc(NC(=O)C[NH+]2CCC[C@@H](C)C2)cc1. The number of quaternary nitrogens is 1. The molecule has 2 rings (SSSR count). The summed E-state index contributed by atoms with van der Waals surface area (Å²) in [5.74, 6) is 1.40. The number of hydrogen-bond donors (Lipinski definition) is 2. The highest BCUT2D eigenvalue weighted by Crippen LogP contribution is 2.16. The Morgan fingerprint density at radius 2 is 2.05 bits per heavy atom. The van der Waals surface area contributed by atoms with Crippen LogP contribution < -0.4 is 10.2 Å². The van der Waals surface area contributed by atoms with Crippen LogP contribution in [0.3, 0.4) is 0 Å². The van der Waals surface area contributed by atoms with Crippen molar-refractivity contribution in [3.05, 3.63) is 29.8 Å². The second-order valence-corrected chi connectivity index (χ2v) is 6.45. The first-order valence-electron chi connectivity index (χ1n) is 7.78. The minimum atomic E-state index is 0.131. The molecule has 0 spiro atoms. The van der Waals surface area contributed by atoms with Gasteiger partial charge in [0.05, 0.1) is 13.1 Å². The molecule has 110 valence electrons. The minimum absolute atomic E-state index is 0.131. The summed E-state index contributed by atoms with van der Waals surface area (Å²) in [4.78, 5) is 13.5. The van der Waals surface area contributed by atoms with Crippen molar-refractivity contribution in [2.45, 2.75) is 39.5 Å². The molecule has 0 saturated carbocycles. The first-order valence-corrected chi connectivity index (χ1v) is 7.78. The number of anilines is 1. The Bertz CT molecular complexity index is 439. The van der Waals surface area contributed by atoms with Crippen molar-refractivity contribution >= 4 is 11.6 Å². The summed E-state index contributed by atoms with van der Waals surface area (Å²) in [5.41, 5.74) is 2.21. The van der Waals surface area contributed by atoms with Gasteiger partial charge in [-0.05, 0) is 36.5 Å². The Labute approximate surface area is 122 Å². The third-order valence-corrected chi connectivity index (χ3v) is 4.14. The van der Waals surface area contributed by atoms with E-state index in [1.54, 1.807) is 0 Å². The van der Waals surface area contributed by atoms with Crippen LogP contribution in [0.1, 0.15) is 45.1 Å². The van der Waals surface area contributed by atoms with Crippen LogP contribution in [0.2, 0.25) is 0 Å². The number of amides is 1. The first-order chi connectivity index (χ1) is 9.54. The number of likely N-dealkylation sites (tertiary alicyclic amines) is 1. The van der Waals surface area contributed by atoms with Gasteiger partial charge in [-0.15, -0.1) is 0 Å². The molecule has 1 heterocycles. The van der Waals surface area contributed by atoms with Gasteiger partial charge in [-0.2, -0.15) is 0 Å². The van der Waals surface area contributed by atoms with Crippen molar-refractivity contribution in [2.75, 3.05) is 25.0 Å². The number of nitrogens with one attached hydrogen (secondary N) is 2. The zero-order valence-corrected chi connectivity index (χ0v) is 12.9. The van der Waals surface area contributed by atoms with Gasteiger partial charge in [-0.1, -0.05) is 32.9 Å². The highest BCUT2D eigenvalue weighted by atomic mass is 16.2. The lowest BCUT2D eigenvalue weighted by atomic mass is 10.0. The molecule has 2 N–H and O–H groups in total. The Morgan fingerprint density at radius 3 is 2.65 bits per heavy atom. The molecule has 1 aliphatic rings. The van der Waals surface area contributed by atoms with E-state index in [2.05, 4.69) is 38.2 Å². The van der Waals surface area contributed by atoms with E-state index in [4.69, 9.17) is 0 Å². The van der Waals surface area contributed by atoms with E-state index in [0.29, 0.717) is 12.5 Å². The van der Waals surface area contributed by atoms with Gasteiger partial charge in [0, 0.05) is 11.6 Å². The summed E-state index contributed by atoms with van der Waals surface area (Å²) in [6.07, 6.45) is 2.55. The molecule has 1 fully saturated rings. The van der Waals surface area contributed by atoms with Gasteiger partial charge in [0.25, 0.3) is 5.91 Å². The lowest BCUT2D eigenvalue weighted by molar-refractivity contribution is -0.900. The van der Waals surface area contributed by atoms with E-state index >= 15 is 0 Å². The molecule has 3 nitrogen and oxygen atoms in total. The fourth-order valence-electron chi connectivity index (χ4n) is 2.94. The standard InChI is InChI=1S/C17H26N2O/c1-13(2)15-6-8-16(9-7-15)18-17(20)12-19-10-4-5-14(3)11-19/h6-9,13-14H,4-5,10-12H2,1-3H3,(H,18,20)/p+1/t14-/m1/s1. The Balaban J connectivity index is 1.84. The predicted octanol–water partition coefficient (Wildman–Crippen LogP) is 2.06. The second-order valence-electron chi connectivity index (χ2n) is 6.45. The van der Waals surface area contributed by atoms with Crippen molar-refractivity contribution in [2.24, 2.45) is 5.92 Å². The van der Waals surface area contributed by atoms with Crippen LogP contribution in [0.15, 0.2) is 24.3 Å². The van der Waals surface area contributed by atoms with E-state index < -0.39 is 0 Å². The molecule has 1 aromatic carbocycles. The van der Waals surface area contributed by atoms with Crippen molar-refractivity contribution in [1.29, 1.82) is 0 Å². The van der Waals surface area contributed by atoms with Gasteiger partial charge < -0.3 is 10.2 Å². The van der Waals surface area contributed by atoms with Crippen LogP contribution in [0.25, 0.3) is 0 Å². The molecule has 0 radical (unpaired) electrons. The van der Waals surface area contributed by atoms with E-state index in [9.17, 15) is 4.79 Å². The third-order valence-electron chi connectivity index (χ3n) is 4.14. The van der Waals surface area contributed by atoms with E-state index in [1.165, 1.54) is 23.3 Å². The number of piperidine rings is 1. The first kappa shape index (κ1) is 15.0. The summed E-state index contributed by atoms with van der Waals surface area (Å²) in [6.45, 7) is 9.48. The summed E-state index contributed by atoms with van der Waals surface area (Å²) in [5, 5.41) is 3.01. The topological polar surface area (TPSA) is 33.5 Å². The lowest BCUT2D eigenvalue weighted by Gasteiger charge is -2.27. The number of benzene rings is 1. The van der Waals surface area contributed by atoms with Crippen LogP contribution >= 0.6 is 0 Å². The third kappa shape index (κ3) is 4.34. The maximum Gasteiger partial charge on any atom is 0.279 e. The number of carbonyl (C=O) groups excluding carboxylic acids is 1. The van der Waals surface area contributed by atoms with Crippen LogP contribution in [-0.2, 0) is 4.79 Å². The lowest BCUT2D eigenvalue weighted by Crippen LogP contribution is -3.14. The molecule has 3 heteroatoms. The highest BCUT2D eigenvalue weighted by molar-refractivity contribution is 5.91. The summed E-state index contributed by atoms with van der Waals surface area (Å²) in [7, 11) is 0. The van der Waals surface area contributed by atoms with Crippen LogP contribution in [0.5, 0.6) is 0 Å². The largest absolute Gasteiger partial charge is 0.327 e. The Hall–Kier alpha value is -1.35. The number of rotatable bonds is 4. The van der Waals surface area contributed by atoms with Gasteiger partial charge >= 0.3 is 0 Å². The molecule has 1 amide bonds. The van der Waals surface area contributed by atoms with E-state index in [1.807, 2.05) is 12.1 Å². The second kappa shape index (κ2) is 6.89. The summed E-state index contributed by atoms with van der Waals surface area (Å²) in [6, 6.07) is 8.19. The molecule has 20 heavy (non-hydrogen) atoms. The predicted molar refractivity (Wildman–Crippen MR) is 83.1 cm³/mol. The summed E-state index contributed by atoms with van der Waals surface area (Å²) < 4.78 is 0. The normalized spacial score (nSPS) is 22.8. The van der Waals surface area contributed by atoms with Crippen molar-refractivity contribution in [3.63, 3.8) is 0 Å². The number of hydrogen-bond acceptors (Lipinski definition) is 1. The van der Waals surface area contributed by atoms with Gasteiger partial charge in [0.15, 0.2) is 6.54 Å². The minimum Gasteiger partial charge on any atom is -0.327 e. The van der Waals surface area contributed by atoms with Crippen molar-refractivity contribution in [1.82, 2.24) is 0 Å². The molecule has 0 aromatic heterocycles. The molecular formula is C17H27N2O+. The maximum atomic E-state index is 12.1. The molecular weight excluding hydrogens is 248 g/mol. The zero-order chi connectivity index (χ0) is 14.5. The van der Waals surface area contributed by atoms with Crippen molar-refractivity contribution < 1.29 is 9.69 Å². The molecule has 1 unspecified atom stereocenters. The summed E-state index contributed by atoms with van der Waals surface area (Å²) >= 11 is 0. The average Bonchev–Trinajstić information content (AvgIpc) is 2.39. The molecule has 0 bridgehead atoms. The fraction of sp³-hybridized carbons (Fsp3) is 0.588. The molecule has 2 atom stereocenters. The van der Waals surface area contributed by atoms with Crippen LogP contribution in [0, 0.1) is 5.92 Å². The van der Waals surface area contributed by atoms with Gasteiger partial charge in [-0.3, -0.25) is 4.79 Å². The molecule has 1 saturated heterocycles. The zero-order valence-electron chi connectivity index (χ0n) is 12.9. The Kier molecular flexibility index (Phi) is 5.18. The smallest absolute Gasteiger partial charge is 0.279 e. The van der Waals surface area contributed by atoms with E-state index in [-0.39, 0.29) is 5.91 Å². The fourth-order valence-corrected chi connectivity index (χ4v) is 2.94. The van der Waals surface area contributed by atoms with Crippen LogP contribution in [0.4, 0.5) is 5.69 Å². The quantitative estimate of drug-likeness (QED) is 0.866. The van der Waals surface area contributed by atoms with Crippen molar-refractivity contribution in [3.8, 4) is 0 Å². The highest BCUT2D eigenvalue weighted by Gasteiger charge is 2.21. The Morgan fingerprint density at radius 1 is 1.35 bits per heavy atom. The molecule has 1 aromatic rings. The maximum absolute atomic E-state index is 12.1. The average molecular weight is 275 g/mol. The van der Waals surface area contributed by atoms with Crippen LogP contribution in [-0.4, -0.2) is 25.5 Å².